The van der Waals surface area contributed by atoms with Crippen LogP contribution in [0, 0.1) is 0 Å². The lowest BCUT2D eigenvalue weighted by molar-refractivity contribution is -0.255. The monoisotopic (exact) mass is 373 g/mol. The molecular weight excluding hydrogens is 356 g/mol. The van der Waals surface area contributed by atoms with Crippen LogP contribution >= 0.6 is 0 Å². The van der Waals surface area contributed by atoms with Crippen molar-refractivity contribution in [3.63, 3.8) is 0 Å². The summed E-state index contributed by atoms with van der Waals surface area (Å²) in [6.45, 7) is 0.366. The number of hydrogen-bond donors (Lipinski definition) is 0. The van der Waals surface area contributed by atoms with Gasteiger partial charge < -0.3 is 19.4 Å². The summed E-state index contributed by atoms with van der Waals surface area (Å²) in [4.78, 5) is 23.7. The average molecular weight is 373 g/mol. The van der Waals surface area contributed by atoms with Gasteiger partial charge in [0.05, 0.1) is 11.5 Å². The normalized spacial score (nSPS) is 17.7. The second-order valence-corrected chi connectivity index (χ2v) is 6.52. The van der Waals surface area contributed by atoms with Crippen LogP contribution in [0.3, 0.4) is 0 Å². The molecule has 0 radical (unpaired) electrons. The van der Waals surface area contributed by atoms with Gasteiger partial charge in [0.2, 0.25) is 0 Å². The molecular formula is C23H17O5-. The maximum absolute atomic E-state index is 12.9. The molecule has 0 bridgehead atoms. The predicted molar refractivity (Wildman–Crippen MR) is 99.9 cm³/mol. The van der Waals surface area contributed by atoms with E-state index in [0.717, 1.165) is 11.1 Å². The van der Waals surface area contributed by atoms with Crippen molar-refractivity contribution in [2.45, 2.75) is 18.8 Å². The lowest BCUT2D eigenvalue weighted by Gasteiger charge is -2.10. The van der Waals surface area contributed by atoms with Crippen LogP contribution in [0.1, 0.15) is 37.9 Å². The molecule has 4 rings (SSSR count). The van der Waals surface area contributed by atoms with Crippen molar-refractivity contribution in [2.24, 2.45) is 0 Å². The zero-order valence-corrected chi connectivity index (χ0v) is 14.9. The lowest BCUT2D eigenvalue weighted by atomic mass is 10.0. The molecule has 2 atom stereocenters. The number of benzene rings is 3. The first-order valence-electron chi connectivity index (χ1n) is 8.90. The third-order valence-corrected chi connectivity index (χ3v) is 4.61. The summed E-state index contributed by atoms with van der Waals surface area (Å²) >= 11 is 0. The minimum absolute atomic E-state index is 0.0898. The second kappa shape index (κ2) is 7.66. The Morgan fingerprint density at radius 3 is 2.29 bits per heavy atom. The van der Waals surface area contributed by atoms with Gasteiger partial charge in [-0.25, -0.2) is 0 Å². The van der Waals surface area contributed by atoms with E-state index in [-0.39, 0.29) is 17.5 Å². The minimum Gasteiger partial charge on any atom is -0.545 e. The lowest BCUT2D eigenvalue weighted by Crippen LogP contribution is -2.22. The Balaban J connectivity index is 1.46. The van der Waals surface area contributed by atoms with Crippen LogP contribution in [0.15, 0.2) is 78.9 Å². The highest BCUT2D eigenvalue weighted by molar-refractivity contribution is 6.03. The Labute approximate surface area is 162 Å². The van der Waals surface area contributed by atoms with Gasteiger partial charge in [-0.15, -0.1) is 0 Å². The van der Waals surface area contributed by atoms with Crippen LogP contribution in [0.25, 0.3) is 0 Å². The highest BCUT2D eigenvalue weighted by atomic mass is 16.6. The largest absolute Gasteiger partial charge is 0.545 e. The van der Waals surface area contributed by atoms with Crippen molar-refractivity contribution in [3.8, 4) is 5.75 Å². The number of ether oxygens (including phenoxy) is 2. The molecule has 0 unspecified atom stereocenters. The summed E-state index contributed by atoms with van der Waals surface area (Å²) in [6.07, 6.45) is -0.985. The number of Topliss-reactive ketones (excluding diaryl/α,β-unsaturated/α-hetero) is 1. The van der Waals surface area contributed by atoms with Gasteiger partial charge in [-0.1, -0.05) is 66.7 Å². The number of para-hydroxylation sites is 1. The van der Waals surface area contributed by atoms with Crippen LogP contribution in [0.4, 0.5) is 0 Å². The third-order valence-electron chi connectivity index (χ3n) is 4.61. The first-order chi connectivity index (χ1) is 13.6. The summed E-state index contributed by atoms with van der Waals surface area (Å²) in [5.74, 6) is -0.879. The number of epoxide rings is 1. The van der Waals surface area contributed by atoms with Gasteiger partial charge in [-0.3, -0.25) is 4.79 Å². The third kappa shape index (κ3) is 3.80. The quantitative estimate of drug-likeness (QED) is 0.470. The van der Waals surface area contributed by atoms with Crippen LogP contribution in [-0.2, 0) is 11.3 Å². The molecule has 3 aromatic rings. The van der Waals surface area contributed by atoms with E-state index in [0.29, 0.717) is 17.9 Å². The fraction of sp³-hybridized carbons (Fsp3) is 0.130. The number of hydrogen-bond acceptors (Lipinski definition) is 5. The first-order valence-corrected chi connectivity index (χ1v) is 8.90. The van der Waals surface area contributed by atoms with Crippen LogP contribution in [0.5, 0.6) is 5.75 Å². The highest BCUT2D eigenvalue weighted by Gasteiger charge is 2.46. The SMILES string of the molecule is O=C([O-])c1ccc([C@H]2O[C@H]2C(=O)c2ccccc2OCc2ccccc2)cc1. The van der Waals surface area contributed by atoms with Crippen molar-refractivity contribution in [3.05, 3.63) is 101 Å². The molecule has 0 amide bonds. The summed E-state index contributed by atoms with van der Waals surface area (Å²) in [5, 5.41) is 10.8. The Kier molecular flexibility index (Phi) is 4.91. The summed E-state index contributed by atoms with van der Waals surface area (Å²) < 4.78 is 11.4. The molecule has 140 valence electrons. The maximum atomic E-state index is 12.9. The molecule has 3 aromatic carbocycles. The van der Waals surface area contributed by atoms with Gasteiger partial charge in [0.15, 0.2) is 11.9 Å². The molecule has 1 heterocycles. The van der Waals surface area contributed by atoms with E-state index >= 15 is 0 Å². The number of carbonyl (C=O) groups is 2. The van der Waals surface area contributed by atoms with Gasteiger partial charge in [0.25, 0.3) is 0 Å². The molecule has 1 aliphatic heterocycles. The standard InChI is InChI=1S/C23H18O5/c24-20(22-21(28-22)16-10-12-17(13-11-16)23(25)26)18-8-4-5-9-19(18)27-14-15-6-2-1-3-7-15/h1-13,21-22H,14H2,(H,25,26)/p-1/t21-,22+/m1/s1. The van der Waals surface area contributed by atoms with Gasteiger partial charge in [-0.2, -0.15) is 0 Å². The topological polar surface area (TPSA) is 79.0 Å². The Morgan fingerprint density at radius 1 is 0.893 bits per heavy atom. The van der Waals surface area contributed by atoms with Crippen molar-refractivity contribution >= 4 is 11.8 Å². The molecule has 5 nitrogen and oxygen atoms in total. The molecule has 1 saturated heterocycles. The molecule has 0 aliphatic carbocycles. The molecule has 28 heavy (non-hydrogen) atoms. The molecule has 1 aliphatic rings. The van der Waals surface area contributed by atoms with E-state index in [9.17, 15) is 14.7 Å². The Hall–Kier alpha value is -3.44. The number of carboxylic acid groups (broad SMARTS) is 1. The van der Waals surface area contributed by atoms with E-state index in [1.54, 1.807) is 30.3 Å². The number of ketones is 1. The van der Waals surface area contributed by atoms with E-state index in [1.807, 2.05) is 36.4 Å². The van der Waals surface area contributed by atoms with E-state index in [4.69, 9.17) is 9.47 Å². The molecule has 0 spiro atoms. The Bertz CT molecular complexity index is 995. The summed E-state index contributed by atoms with van der Waals surface area (Å²) in [6, 6.07) is 23.0. The molecule has 0 saturated carbocycles. The van der Waals surface area contributed by atoms with E-state index in [1.165, 1.54) is 12.1 Å². The van der Waals surface area contributed by atoms with Gasteiger partial charge in [0, 0.05) is 0 Å². The number of rotatable bonds is 7. The molecule has 5 heteroatoms. The van der Waals surface area contributed by atoms with Gasteiger partial charge in [-0.05, 0) is 28.8 Å². The van der Waals surface area contributed by atoms with Crippen molar-refractivity contribution in [2.75, 3.05) is 0 Å². The van der Waals surface area contributed by atoms with Crippen LogP contribution in [0.2, 0.25) is 0 Å². The van der Waals surface area contributed by atoms with Crippen molar-refractivity contribution in [1.29, 1.82) is 0 Å². The number of carboxylic acids is 1. The summed E-state index contributed by atoms with van der Waals surface area (Å²) in [7, 11) is 0. The minimum atomic E-state index is -1.24. The Morgan fingerprint density at radius 2 is 1.57 bits per heavy atom. The first kappa shape index (κ1) is 17.9. The number of carbonyl (C=O) groups excluding carboxylic acids is 2. The number of aromatic carboxylic acids is 1. The highest BCUT2D eigenvalue weighted by Crippen LogP contribution is 2.41. The maximum Gasteiger partial charge on any atom is 0.198 e. The fourth-order valence-corrected chi connectivity index (χ4v) is 3.06. The van der Waals surface area contributed by atoms with E-state index < -0.39 is 12.1 Å². The van der Waals surface area contributed by atoms with Crippen molar-refractivity contribution in [1.82, 2.24) is 0 Å². The molecule has 1 fully saturated rings. The van der Waals surface area contributed by atoms with Crippen LogP contribution < -0.4 is 9.84 Å². The van der Waals surface area contributed by atoms with Gasteiger partial charge in [0.1, 0.15) is 18.5 Å². The summed E-state index contributed by atoms with van der Waals surface area (Å²) in [5.41, 5.74) is 2.33. The van der Waals surface area contributed by atoms with Crippen LogP contribution in [-0.4, -0.2) is 17.9 Å². The molecule has 0 N–H and O–H groups in total. The van der Waals surface area contributed by atoms with Gasteiger partial charge >= 0.3 is 0 Å². The predicted octanol–water partition coefficient (Wildman–Crippen LogP) is 2.95. The zero-order valence-electron chi connectivity index (χ0n) is 14.9. The average Bonchev–Trinajstić information content (AvgIpc) is 3.54. The molecule has 0 aromatic heterocycles. The van der Waals surface area contributed by atoms with E-state index in [2.05, 4.69) is 0 Å². The van der Waals surface area contributed by atoms with Crippen molar-refractivity contribution < 1.29 is 24.2 Å². The zero-order chi connectivity index (χ0) is 19.5. The smallest absolute Gasteiger partial charge is 0.198 e. The fourth-order valence-electron chi connectivity index (χ4n) is 3.06. The second-order valence-electron chi connectivity index (χ2n) is 6.52.